The van der Waals surface area contributed by atoms with Crippen molar-refractivity contribution in [3.63, 3.8) is 0 Å². The number of hydrogen-bond donors (Lipinski definition) is 0. The number of carbonyl (C=O) groups is 1. The Morgan fingerprint density at radius 3 is 3.05 bits per heavy atom. The molecule has 0 radical (unpaired) electrons. The number of pyridine rings is 1. The lowest BCUT2D eigenvalue weighted by Crippen LogP contribution is -2.44. The molecule has 1 fully saturated rings. The molecule has 0 amide bonds. The molecule has 1 aromatic heterocycles. The van der Waals surface area contributed by atoms with E-state index in [1.807, 2.05) is 43.4 Å². The minimum atomic E-state index is -0.318. The van der Waals surface area contributed by atoms with Gasteiger partial charge in [-0.1, -0.05) is 24.3 Å². The van der Waals surface area contributed by atoms with Gasteiger partial charge < -0.3 is 9.64 Å². The van der Waals surface area contributed by atoms with Gasteiger partial charge in [0, 0.05) is 24.2 Å². The Kier molecular flexibility index (Phi) is 3.76. The molecule has 4 nitrogen and oxygen atoms in total. The van der Waals surface area contributed by atoms with Crippen LogP contribution in [-0.2, 0) is 16.0 Å². The van der Waals surface area contributed by atoms with Gasteiger partial charge in [-0.25, -0.2) is 0 Å². The number of morpholine rings is 1. The SMILES string of the molecule is CN1CCOC(C(=O)Cc2ccc3ccccc3n2)C1. The van der Waals surface area contributed by atoms with Crippen LogP contribution >= 0.6 is 0 Å². The second kappa shape index (κ2) is 5.69. The number of benzene rings is 1. The van der Waals surface area contributed by atoms with Gasteiger partial charge in [-0.15, -0.1) is 0 Å². The second-order valence-electron chi connectivity index (χ2n) is 5.26. The summed E-state index contributed by atoms with van der Waals surface area (Å²) in [5.74, 6) is 0.110. The Morgan fingerprint density at radius 2 is 2.20 bits per heavy atom. The first kappa shape index (κ1) is 13.2. The Hall–Kier alpha value is -1.78. The van der Waals surface area contributed by atoms with Crippen LogP contribution in [0.4, 0.5) is 0 Å². The predicted octanol–water partition coefficient (Wildman–Crippen LogP) is 1.68. The molecule has 20 heavy (non-hydrogen) atoms. The van der Waals surface area contributed by atoms with Crippen LogP contribution in [0.5, 0.6) is 0 Å². The normalized spacial score (nSPS) is 20.1. The quantitative estimate of drug-likeness (QED) is 0.851. The van der Waals surface area contributed by atoms with Crippen LogP contribution in [0.15, 0.2) is 36.4 Å². The van der Waals surface area contributed by atoms with Crippen molar-refractivity contribution < 1.29 is 9.53 Å². The number of carbonyl (C=O) groups excluding carboxylic acids is 1. The molecule has 2 aromatic rings. The third-order valence-corrected chi connectivity index (χ3v) is 3.64. The van der Waals surface area contributed by atoms with Crippen molar-refractivity contribution >= 4 is 16.7 Å². The highest BCUT2D eigenvalue weighted by Gasteiger charge is 2.24. The zero-order valence-corrected chi connectivity index (χ0v) is 11.6. The van der Waals surface area contributed by atoms with Crippen LogP contribution in [0.3, 0.4) is 0 Å². The maximum atomic E-state index is 12.3. The summed E-state index contributed by atoms with van der Waals surface area (Å²) in [6.07, 6.45) is 0.0191. The fraction of sp³-hybridized carbons (Fsp3) is 0.375. The maximum absolute atomic E-state index is 12.3. The fourth-order valence-corrected chi connectivity index (χ4v) is 2.47. The van der Waals surface area contributed by atoms with Crippen molar-refractivity contribution in [3.8, 4) is 0 Å². The average Bonchev–Trinajstić information content (AvgIpc) is 2.47. The summed E-state index contributed by atoms with van der Waals surface area (Å²) in [6, 6.07) is 11.9. The van der Waals surface area contributed by atoms with Crippen LogP contribution < -0.4 is 0 Å². The molecule has 2 heterocycles. The van der Waals surface area contributed by atoms with E-state index in [1.54, 1.807) is 0 Å². The number of nitrogens with zero attached hydrogens (tertiary/aromatic N) is 2. The highest BCUT2D eigenvalue weighted by molar-refractivity contribution is 5.86. The van der Waals surface area contributed by atoms with Crippen molar-refractivity contribution in [1.82, 2.24) is 9.88 Å². The molecule has 0 bridgehead atoms. The molecule has 1 saturated heterocycles. The van der Waals surface area contributed by atoms with Crippen molar-refractivity contribution in [2.45, 2.75) is 12.5 Å². The third-order valence-electron chi connectivity index (χ3n) is 3.64. The first-order valence-corrected chi connectivity index (χ1v) is 6.90. The van der Waals surface area contributed by atoms with E-state index >= 15 is 0 Å². The first-order valence-electron chi connectivity index (χ1n) is 6.90. The van der Waals surface area contributed by atoms with Crippen LogP contribution in [0.1, 0.15) is 5.69 Å². The van der Waals surface area contributed by atoms with E-state index in [4.69, 9.17) is 4.74 Å². The Balaban J connectivity index is 1.73. The van der Waals surface area contributed by atoms with E-state index < -0.39 is 0 Å². The minimum absolute atomic E-state index is 0.110. The summed E-state index contributed by atoms with van der Waals surface area (Å²) in [5, 5.41) is 1.09. The van der Waals surface area contributed by atoms with E-state index in [1.165, 1.54) is 0 Å². The number of aromatic nitrogens is 1. The van der Waals surface area contributed by atoms with E-state index in [-0.39, 0.29) is 11.9 Å². The van der Waals surface area contributed by atoms with Crippen molar-refractivity contribution in [3.05, 3.63) is 42.1 Å². The summed E-state index contributed by atoms with van der Waals surface area (Å²) >= 11 is 0. The molecule has 1 aliphatic rings. The molecule has 1 aliphatic heterocycles. The molecule has 0 aliphatic carbocycles. The number of para-hydroxylation sites is 1. The molecule has 4 heteroatoms. The van der Waals surface area contributed by atoms with Gasteiger partial charge in [-0.2, -0.15) is 0 Å². The van der Waals surface area contributed by atoms with E-state index in [0.29, 0.717) is 19.6 Å². The van der Waals surface area contributed by atoms with Gasteiger partial charge in [0.25, 0.3) is 0 Å². The molecular weight excluding hydrogens is 252 g/mol. The summed E-state index contributed by atoms with van der Waals surface area (Å²) in [7, 11) is 2.01. The highest BCUT2D eigenvalue weighted by atomic mass is 16.5. The maximum Gasteiger partial charge on any atom is 0.168 e. The molecule has 1 aromatic carbocycles. The van der Waals surface area contributed by atoms with Crippen LogP contribution in [0.2, 0.25) is 0 Å². The van der Waals surface area contributed by atoms with Gasteiger partial charge in [-0.05, 0) is 19.2 Å². The highest BCUT2D eigenvalue weighted by Crippen LogP contribution is 2.13. The molecule has 1 unspecified atom stereocenters. The van der Waals surface area contributed by atoms with Gasteiger partial charge in [0.15, 0.2) is 5.78 Å². The topological polar surface area (TPSA) is 42.4 Å². The molecule has 0 N–H and O–H groups in total. The number of likely N-dealkylation sites (N-methyl/N-ethyl adjacent to an activating group) is 1. The van der Waals surface area contributed by atoms with Gasteiger partial charge in [-0.3, -0.25) is 9.78 Å². The molecule has 104 valence electrons. The third kappa shape index (κ3) is 2.86. The van der Waals surface area contributed by atoms with Crippen LogP contribution in [0, 0.1) is 0 Å². The Bertz CT molecular complexity index is 627. The number of ketones is 1. The Morgan fingerprint density at radius 1 is 1.35 bits per heavy atom. The molecular formula is C16H18N2O2. The van der Waals surface area contributed by atoms with E-state index in [9.17, 15) is 4.79 Å². The zero-order valence-electron chi connectivity index (χ0n) is 11.6. The predicted molar refractivity (Wildman–Crippen MR) is 77.7 cm³/mol. The largest absolute Gasteiger partial charge is 0.368 e. The van der Waals surface area contributed by atoms with Crippen LogP contribution in [0.25, 0.3) is 10.9 Å². The van der Waals surface area contributed by atoms with Crippen molar-refractivity contribution in [1.29, 1.82) is 0 Å². The molecule has 0 saturated carbocycles. The summed E-state index contributed by atoms with van der Waals surface area (Å²) < 4.78 is 5.55. The second-order valence-corrected chi connectivity index (χ2v) is 5.26. The Labute approximate surface area is 118 Å². The standard InChI is InChI=1S/C16H18N2O2/c1-18-8-9-20-16(11-18)15(19)10-13-7-6-12-4-2-3-5-14(12)17-13/h2-7,16H,8-11H2,1H3. The molecule has 1 atom stereocenters. The smallest absolute Gasteiger partial charge is 0.168 e. The lowest BCUT2D eigenvalue weighted by Gasteiger charge is -2.29. The summed E-state index contributed by atoms with van der Waals surface area (Å²) in [5.41, 5.74) is 1.74. The molecule has 0 spiro atoms. The monoisotopic (exact) mass is 270 g/mol. The van der Waals surface area contributed by atoms with Crippen molar-refractivity contribution in [2.75, 3.05) is 26.7 Å². The van der Waals surface area contributed by atoms with Crippen LogP contribution in [-0.4, -0.2) is 48.5 Å². The number of ether oxygens (including phenoxy) is 1. The molecule has 3 rings (SSSR count). The zero-order chi connectivity index (χ0) is 13.9. The number of hydrogen-bond acceptors (Lipinski definition) is 4. The van der Waals surface area contributed by atoms with Gasteiger partial charge in [0.2, 0.25) is 0 Å². The van der Waals surface area contributed by atoms with E-state index in [2.05, 4.69) is 9.88 Å². The van der Waals surface area contributed by atoms with Gasteiger partial charge in [0.1, 0.15) is 6.10 Å². The number of fused-ring (bicyclic) bond motifs is 1. The van der Waals surface area contributed by atoms with Gasteiger partial charge in [0.05, 0.1) is 18.5 Å². The lowest BCUT2D eigenvalue weighted by molar-refractivity contribution is -0.134. The number of Topliss-reactive ketones (excluding diaryl/α,β-unsaturated/α-hetero) is 1. The lowest BCUT2D eigenvalue weighted by atomic mass is 10.1. The first-order chi connectivity index (χ1) is 9.72. The summed E-state index contributed by atoms with van der Waals surface area (Å²) in [4.78, 5) is 18.9. The summed E-state index contributed by atoms with van der Waals surface area (Å²) in [6.45, 7) is 2.18. The fourth-order valence-electron chi connectivity index (χ4n) is 2.47. The van der Waals surface area contributed by atoms with Gasteiger partial charge >= 0.3 is 0 Å². The van der Waals surface area contributed by atoms with E-state index in [0.717, 1.165) is 23.1 Å². The minimum Gasteiger partial charge on any atom is -0.368 e. The number of rotatable bonds is 3. The van der Waals surface area contributed by atoms with Crippen molar-refractivity contribution in [2.24, 2.45) is 0 Å². The average molecular weight is 270 g/mol.